The van der Waals surface area contributed by atoms with E-state index in [1.165, 1.54) is 0 Å². The Labute approximate surface area is 214 Å². The number of nitrogens with zero attached hydrogens (tertiary/aromatic N) is 4. The number of amides is 2. The first-order valence-electron chi connectivity index (χ1n) is 11.8. The fourth-order valence-corrected chi connectivity index (χ4v) is 4.76. The number of nitrogens with two attached hydrogens (primary N) is 1. The van der Waals surface area contributed by atoms with Gasteiger partial charge in [0.1, 0.15) is 23.2 Å². The normalized spacial score (nSPS) is 14.1. The SMILES string of the molecule is CCNc1ncc2c(n1)N(C)CCN(c1cccc(O[C@@H](CCCOC(N)=O)c3cccs3)c1)C2=O. The molecule has 0 fully saturated rings. The lowest BCUT2D eigenvalue weighted by Gasteiger charge is -2.23. The number of fused-ring (bicyclic) bond motifs is 1. The van der Waals surface area contributed by atoms with Gasteiger partial charge in [-0.25, -0.2) is 9.78 Å². The van der Waals surface area contributed by atoms with Gasteiger partial charge in [-0.2, -0.15) is 4.98 Å². The van der Waals surface area contributed by atoms with Crippen molar-refractivity contribution in [2.24, 2.45) is 5.73 Å². The molecule has 0 saturated heterocycles. The first kappa shape index (κ1) is 25.2. The number of aromatic nitrogens is 2. The second-order valence-corrected chi connectivity index (χ2v) is 9.25. The minimum atomic E-state index is -0.783. The number of benzene rings is 1. The molecule has 0 unspecified atom stereocenters. The van der Waals surface area contributed by atoms with Crippen LogP contribution in [0.3, 0.4) is 0 Å². The van der Waals surface area contributed by atoms with Gasteiger partial charge < -0.3 is 30.3 Å². The van der Waals surface area contributed by atoms with E-state index in [4.69, 9.17) is 15.2 Å². The number of hydrogen-bond donors (Lipinski definition) is 2. The van der Waals surface area contributed by atoms with Crippen LogP contribution in [-0.2, 0) is 4.74 Å². The summed E-state index contributed by atoms with van der Waals surface area (Å²) >= 11 is 1.60. The molecule has 1 aliphatic heterocycles. The predicted molar refractivity (Wildman–Crippen MR) is 140 cm³/mol. The highest BCUT2D eigenvalue weighted by Crippen LogP contribution is 2.32. The zero-order valence-electron chi connectivity index (χ0n) is 20.3. The molecular formula is C25H30N6O4S. The van der Waals surface area contributed by atoms with Crippen molar-refractivity contribution in [3.05, 3.63) is 58.4 Å². The van der Waals surface area contributed by atoms with E-state index < -0.39 is 6.09 Å². The fraction of sp³-hybridized carbons (Fsp3) is 0.360. The van der Waals surface area contributed by atoms with E-state index in [9.17, 15) is 9.59 Å². The van der Waals surface area contributed by atoms with Gasteiger partial charge in [-0.15, -0.1) is 11.3 Å². The van der Waals surface area contributed by atoms with E-state index in [-0.39, 0.29) is 18.6 Å². The van der Waals surface area contributed by atoms with Crippen molar-refractivity contribution < 1.29 is 19.1 Å². The first-order valence-corrected chi connectivity index (χ1v) is 12.7. The van der Waals surface area contributed by atoms with Crippen molar-refractivity contribution in [3.8, 4) is 5.75 Å². The monoisotopic (exact) mass is 510 g/mol. The molecular weight excluding hydrogens is 480 g/mol. The molecule has 3 heterocycles. The lowest BCUT2D eigenvalue weighted by Crippen LogP contribution is -2.33. The molecule has 3 aromatic rings. The Balaban J connectivity index is 1.54. The maximum atomic E-state index is 13.5. The molecule has 11 heteroatoms. The third-order valence-electron chi connectivity index (χ3n) is 5.72. The highest BCUT2D eigenvalue weighted by Gasteiger charge is 2.28. The maximum absolute atomic E-state index is 13.5. The van der Waals surface area contributed by atoms with Crippen molar-refractivity contribution in [3.63, 3.8) is 0 Å². The molecule has 36 heavy (non-hydrogen) atoms. The highest BCUT2D eigenvalue weighted by molar-refractivity contribution is 7.10. The lowest BCUT2D eigenvalue weighted by atomic mass is 10.1. The molecule has 0 aliphatic carbocycles. The average molecular weight is 511 g/mol. The number of primary amides is 1. The van der Waals surface area contributed by atoms with Crippen molar-refractivity contribution in [2.75, 3.05) is 48.4 Å². The van der Waals surface area contributed by atoms with Crippen LogP contribution in [0, 0.1) is 0 Å². The van der Waals surface area contributed by atoms with Gasteiger partial charge in [0, 0.05) is 49.5 Å². The molecule has 1 aromatic carbocycles. The van der Waals surface area contributed by atoms with Crippen LogP contribution in [0.4, 0.5) is 22.2 Å². The molecule has 4 rings (SSSR count). The summed E-state index contributed by atoms with van der Waals surface area (Å²) in [7, 11) is 1.92. The first-order chi connectivity index (χ1) is 17.5. The van der Waals surface area contributed by atoms with Crippen LogP contribution in [-0.4, -0.2) is 55.3 Å². The van der Waals surface area contributed by atoms with Gasteiger partial charge in [0.2, 0.25) is 5.95 Å². The summed E-state index contributed by atoms with van der Waals surface area (Å²) in [4.78, 5) is 38.0. The van der Waals surface area contributed by atoms with E-state index in [2.05, 4.69) is 15.3 Å². The van der Waals surface area contributed by atoms with Gasteiger partial charge in [0.05, 0.1) is 6.61 Å². The van der Waals surface area contributed by atoms with Gasteiger partial charge in [-0.3, -0.25) is 4.79 Å². The Morgan fingerprint density at radius 2 is 2.14 bits per heavy atom. The van der Waals surface area contributed by atoms with Gasteiger partial charge in [0.15, 0.2) is 0 Å². The Kier molecular flexibility index (Phi) is 8.21. The van der Waals surface area contributed by atoms with Gasteiger partial charge >= 0.3 is 6.09 Å². The molecule has 0 spiro atoms. The van der Waals surface area contributed by atoms with Crippen molar-refractivity contribution in [1.29, 1.82) is 0 Å². The number of thiophene rings is 1. The number of likely N-dealkylation sites (N-methyl/N-ethyl adjacent to an activating group) is 1. The van der Waals surface area contributed by atoms with E-state index in [1.807, 2.05) is 60.6 Å². The van der Waals surface area contributed by atoms with E-state index in [0.29, 0.717) is 55.6 Å². The summed E-state index contributed by atoms with van der Waals surface area (Å²) in [5.41, 5.74) is 6.25. The number of nitrogens with one attached hydrogen (secondary N) is 1. The van der Waals surface area contributed by atoms with Crippen molar-refractivity contribution >= 4 is 40.8 Å². The molecule has 2 amide bonds. The second kappa shape index (κ2) is 11.7. The third-order valence-corrected chi connectivity index (χ3v) is 6.69. The summed E-state index contributed by atoms with van der Waals surface area (Å²) in [6, 6.07) is 11.5. The van der Waals surface area contributed by atoms with Crippen LogP contribution < -0.4 is 25.6 Å². The Morgan fingerprint density at radius 1 is 1.28 bits per heavy atom. The molecule has 190 valence electrons. The largest absolute Gasteiger partial charge is 0.485 e. The lowest BCUT2D eigenvalue weighted by molar-refractivity contribution is 0.0989. The van der Waals surface area contributed by atoms with E-state index >= 15 is 0 Å². The Morgan fingerprint density at radius 3 is 2.89 bits per heavy atom. The molecule has 1 aliphatic rings. The van der Waals surface area contributed by atoms with Crippen LogP contribution in [0.5, 0.6) is 5.75 Å². The van der Waals surface area contributed by atoms with Crippen LogP contribution in [0.25, 0.3) is 0 Å². The molecule has 2 aromatic heterocycles. The van der Waals surface area contributed by atoms with Crippen LogP contribution in [0.2, 0.25) is 0 Å². The Bertz CT molecular complexity index is 1190. The smallest absolute Gasteiger partial charge is 0.404 e. The van der Waals surface area contributed by atoms with Crippen LogP contribution in [0.15, 0.2) is 48.0 Å². The minimum Gasteiger partial charge on any atom is -0.485 e. The Hall–Kier alpha value is -3.86. The van der Waals surface area contributed by atoms with Gasteiger partial charge in [-0.05, 0) is 43.3 Å². The van der Waals surface area contributed by atoms with Crippen LogP contribution >= 0.6 is 11.3 Å². The molecule has 10 nitrogen and oxygen atoms in total. The summed E-state index contributed by atoms with van der Waals surface area (Å²) < 4.78 is 11.2. The topological polar surface area (TPSA) is 123 Å². The molecule has 0 bridgehead atoms. The summed E-state index contributed by atoms with van der Waals surface area (Å²) in [5, 5.41) is 5.09. The molecule has 1 atom stereocenters. The average Bonchev–Trinajstić information content (AvgIpc) is 3.37. The van der Waals surface area contributed by atoms with Gasteiger partial charge in [0.25, 0.3) is 5.91 Å². The summed E-state index contributed by atoms with van der Waals surface area (Å²) in [5.74, 6) is 1.59. The molecule has 0 saturated carbocycles. The van der Waals surface area contributed by atoms with E-state index in [1.54, 1.807) is 22.4 Å². The van der Waals surface area contributed by atoms with Gasteiger partial charge in [-0.1, -0.05) is 12.1 Å². The quantitative estimate of drug-likeness (QED) is 0.392. The van der Waals surface area contributed by atoms with Crippen molar-refractivity contribution in [1.82, 2.24) is 9.97 Å². The molecule has 0 radical (unpaired) electrons. The number of carbonyl (C=O) groups is 2. The number of rotatable bonds is 10. The zero-order chi connectivity index (χ0) is 25.5. The highest BCUT2D eigenvalue weighted by atomic mass is 32.1. The summed E-state index contributed by atoms with van der Waals surface area (Å²) in [6.07, 6.45) is 1.83. The van der Waals surface area contributed by atoms with E-state index in [0.717, 1.165) is 10.6 Å². The number of anilines is 3. The molecule has 3 N–H and O–H groups in total. The maximum Gasteiger partial charge on any atom is 0.404 e. The summed E-state index contributed by atoms with van der Waals surface area (Å²) in [6.45, 7) is 4.00. The number of carbonyl (C=O) groups excluding carboxylic acids is 2. The zero-order valence-corrected chi connectivity index (χ0v) is 21.2. The standard InChI is InChI=1S/C25H30N6O4S/c1-3-27-25-28-16-19-22(29-25)30(2)11-12-31(23(19)32)17-7-4-8-18(15-17)35-20(21-10-6-14-36-21)9-5-13-34-24(26)33/h4,6-8,10,14-16,20H,3,5,9,11-13H2,1-2H3,(H2,26,33)(H,27,28,29)/t20-/m0/s1. The number of hydrogen-bond acceptors (Lipinski definition) is 9. The predicted octanol–water partition coefficient (Wildman–Crippen LogP) is 4.06. The number of ether oxygens (including phenoxy) is 2. The minimum absolute atomic E-state index is 0.159. The van der Waals surface area contributed by atoms with Crippen LogP contribution in [0.1, 0.15) is 41.1 Å². The van der Waals surface area contributed by atoms with Crippen molar-refractivity contribution in [2.45, 2.75) is 25.9 Å². The fourth-order valence-electron chi connectivity index (χ4n) is 3.97. The second-order valence-electron chi connectivity index (χ2n) is 8.27. The third kappa shape index (κ3) is 6.03.